The van der Waals surface area contributed by atoms with Gasteiger partial charge in [0.2, 0.25) is 0 Å². The van der Waals surface area contributed by atoms with Gasteiger partial charge in [0.05, 0.1) is 0 Å². The first-order valence-electron chi connectivity index (χ1n) is 4.69. The van der Waals surface area contributed by atoms with Gasteiger partial charge in [-0.3, -0.25) is 0 Å². The van der Waals surface area contributed by atoms with E-state index >= 15 is 0 Å². The second kappa shape index (κ2) is 5.99. The average molecular weight is 168 g/mol. The summed E-state index contributed by atoms with van der Waals surface area (Å²) < 4.78 is 0. The number of aldehydes is 1. The van der Waals surface area contributed by atoms with Crippen LogP contribution < -0.4 is 0 Å². The Hall–Kier alpha value is -0.590. The molecule has 0 N–H and O–H groups in total. The lowest BCUT2D eigenvalue weighted by Gasteiger charge is -2.08. The van der Waals surface area contributed by atoms with E-state index in [0.29, 0.717) is 18.3 Å². The number of carbonyl (C=O) groups excluding carboxylic acids is 1. The molecule has 0 aromatic carbocycles. The van der Waals surface area contributed by atoms with Crippen molar-refractivity contribution in [2.24, 2.45) is 11.8 Å². The third-order valence-corrected chi connectivity index (χ3v) is 1.58. The fraction of sp³-hybridized carbons (Fsp3) is 0.727. The van der Waals surface area contributed by atoms with Gasteiger partial charge in [-0.1, -0.05) is 39.3 Å². The maximum Gasteiger partial charge on any atom is 0.124 e. The standard InChI is InChI=1S/C11H20O/c1-9(2)7-11(5-6-12)8-10(3)4/h6-7,9-10H,5,8H2,1-4H3. The first-order chi connectivity index (χ1) is 5.56. The third-order valence-electron chi connectivity index (χ3n) is 1.58. The van der Waals surface area contributed by atoms with Crippen LogP contribution in [0, 0.1) is 11.8 Å². The molecule has 0 spiro atoms. The topological polar surface area (TPSA) is 17.1 Å². The number of rotatable bonds is 5. The molecule has 0 atom stereocenters. The van der Waals surface area contributed by atoms with Crippen molar-refractivity contribution in [3.8, 4) is 0 Å². The second-order valence-electron chi connectivity index (χ2n) is 4.04. The molecule has 0 amide bonds. The van der Waals surface area contributed by atoms with Crippen molar-refractivity contribution in [1.29, 1.82) is 0 Å². The lowest BCUT2D eigenvalue weighted by atomic mass is 9.98. The summed E-state index contributed by atoms with van der Waals surface area (Å²) in [5, 5.41) is 0. The zero-order valence-corrected chi connectivity index (χ0v) is 8.63. The van der Waals surface area contributed by atoms with Crippen LogP contribution in [0.15, 0.2) is 11.6 Å². The predicted molar refractivity (Wildman–Crippen MR) is 53.1 cm³/mol. The molecule has 0 heterocycles. The Kier molecular flexibility index (Phi) is 5.69. The molecule has 12 heavy (non-hydrogen) atoms. The summed E-state index contributed by atoms with van der Waals surface area (Å²) in [5.74, 6) is 1.20. The molecule has 0 saturated heterocycles. The van der Waals surface area contributed by atoms with Crippen molar-refractivity contribution in [1.82, 2.24) is 0 Å². The third kappa shape index (κ3) is 6.14. The largest absolute Gasteiger partial charge is 0.303 e. The molecule has 0 bridgehead atoms. The maximum atomic E-state index is 10.3. The smallest absolute Gasteiger partial charge is 0.124 e. The minimum atomic E-state index is 0.554. The minimum Gasteiger partial charge on any atom is -0.303 e. The lowest BCUT2D eigenvalue weighted by molar-refractivity contribution is -0.107. The molecular formula is C11H20O. The maximum absolute atomic E-state index is 10.3. The van der Waals surface area contributed by atoms with Gasteiger partial charge >= 0.3 is 0 Å². The van der Waals surface area contributed by atoms with Crippen LogP contribution in [0.1, 0.15) is 40.5 Å². The van der Waals surface area contributed by atoms with Crippen molar-refractivity contribution in [2.75, 3.05) is 0 Å². The van der Waals surface area contributed by atoms with E-state index in [-0.39, 0.29) is 0 Å². The first-order valence-corrected chi connectivity index (χ1v) is 4.69. The van der Waals surface area contributed by atoms with E-state index in [4.69, 9.17) is 0 Å². The highest BCUT2D eigenvalue weighted by Crippen LogP contribution is 2.15. The zero-order chi connectivity index (χ0) is 9.56. The molecule has 1 nitrogen and oxygen atoms in total. The number of allylic oxidation sites excluding steroid dienone is 2. The van der Waals surface area contributed by atoms with Crippen molar-refractivity contribution >= 4 is 6.29 Å². The van der Waals surface area contributed by atoms with Crippen LogP contribution in [0.4, 0.5) is 0 Å². The SMILES string of the molecule is CC(C)C=C(CC=O)CC(C)C. The first kappa shape index (κ1) is 11.4. The van der Waals surface area contributed by atoms with Crippen LogP contribution in [0.5, 0.6) is 0 Å². The molecule has 0 radical (unpaired) electrons. The quantitative estimate of drug-likeness (QED) is 0.455. The summed E-state index contributed by atoms with van der Waals surface area (Å²) >= 11 is 0. The van der Waals surface area contributed by atoms with Crippen LogP contribution in [-0.4, -0.2) is 6.29 Å². The summed E-state index contributed by atoms with van der Waals surface area (Å²) in [4.78, 5) is 10.3. The van der Waals surface area contributed by atoms with Crippen LogP contribution in [0.3, 0.4) is 0 Å². The minimum absolute atomic E-state index is 0.554. The summed E-state index contributed by atoms with van der Waals surface area (Å²) in [5.41, 5.74) is 1.29. The van der Waals surface area contributed by atoms with Crippen molar-refractivity contribution in [3.63, 3.8) is 0 Å². The van der Waals surface area contributed by atoms with Gasteiger partial charge in [0.15, 0.2) is 0 Å². The Morgan fingerprint density at radius 2 is 1.83 bits per heavy atom. The molecule has 0 aromatic heterocycles. The molecular weight excluding hydrogens is 148 g/mol. The predicted octanol–water partition coefficient (Wildman–Crippen LogP) is 3.20. The van der Waals surface area contributed by atoms with Gasteiger partial charge in [-0.15, -0.1) is 0 Å². The lowest BCUT2D eigenvalue weighted by Crippen LogP contribution is -1.95. The number of hydrogen-bond acceptors (Lipinski definition) is 1. The van der Waals surface area contributed by atoms with Crippen molar-refractivity contribution in [3.05, 3.63) is 11.6 Å². The second-order valence-corrected chi connectivity index (χ2v) is 4.04. The Morgan fingerprint density at radius 3 is 2.17 bits per heavy atom. The molecule has 0 aliphatic carbocycles. The fourth-order valence-electron chi connectivity index (χ4n) is 1.32. The van der Waals surface area contributed by atoms with E-state index in [1.807, 2.05) is 0 Å². The Balaban J connectivity index is 4.11. The van der Waals surface area contributed by atoms with E-state index in [1.54, 1.807) is 0 Å². The van der Waals surface area contributed by atoms with Gasteiger partial charge in [-0.2, -0.15) is 0 Å². The highest BCUT2D eigenvalue weighted by atomic mass is 16.1. The molecule has 0 rings (SSSR count). The molecule has 0 saturated carbocycles. The highest BCUT2D eigenvalue weighted by molar-refractivity contribution is 5.54. The van der Waals surface area contributed by atoms with Gasteiger partial charge in [-0.25, -0.2) is 0 Å². The van der Waals surface area contributed by atoms with Gasteiger partial charge in [0, 0.05) is 6.42 Å². The van der Waals surface area contributed by atoms with E-state index in [2.05, 4.69) is 33.8 Å². The summed E-state index contributed by atoms with van der Waals surface area (Å²) in [6, 6.07) is 0. The molecule has 70 valence electrons. The van der Waals surface area contributed by atoms with Crippen LogP contribution in [0.25, 0.3) is 0 Å². The van der Waals surface area contributed by atoms with E-state index in [9.17, 15) is 4.79 Å². The van der Waals surface area contributed by atoms with Crippen LogP contribution in [-0.2, 0) is 4.79 Å². The van der Waals surface area contributed by atoms with E-state index in [1.165, 1.54) is 5.57 Å². The molecule has 0 aliphatic heterocycles. The van der Waals surface area contributed by atoms with E-state index in [0.717, 1.165) is 12.7 Å². The monoisotopic (exact) mass is 168 g/mol. The van der Waals surface area contributed by atoms with Crippen molar-refractivity contribution in [2.45, 2.75) is 40.5 Å². The highest BCUT2D eigenvalue weighted by Gasteiger charge is 2.01. The average Bonchev–Trinajstić information content (AvgIpc) is 1.84. The molecule has 1 heteroatoms. The Bertz CT molecular complexity index is 154. The van der Waals surface area contributed by atoms with Gasteiger partial charge in [-0.05, 0) is 18.3 Å². The molecule has 0 aromatic rings. The van der Waals surface area contributed by atoms with Gasteiger partial charge < -0.3 is 4.79 Å². The van der Waals surface area contributed by atoms with Crippen LogP contribution >= 0.6 is 0 Å². The molecule has 0 fully saturated rings. The summed E-state index contributed by atoms with van der Waals surface area (Å²) in [7, 11) is 0. The number of hydrogen-bond donors (Lipinski definition) is 0. The number of carbonyl (C=O) groups is 1. The van der Waals surface area contributed by atoms with Gasteiger partial charge in [0.1, 0.15) is 6.29 Å². The zero-order valence-electron chi connectivity index (χ0n) is 8.63. The molecule has 0 aliphatic rings. The van der Waals surface area contributed by atoms with E-state index < -0.39 is 0 Å². The summed E-state index contributed by atoms with van der Waals surface area (Å²) in [6.07, 6.45) is 4.86. The Labute approximate surface area is 75.9 Å². The van der Waals surface area contributed by atoms with Crippen molar-refractivity contribution < 1.29 is 4.79 Å². The normalized spacial score (nSPS) is 12.7. The Morgan fingerprint density at radius 1 is 1.25 bits per heavy atom. The van der Waals surface area contributed by atoms with Gasteiger partial charge in [0.25, 0.3) is 0 Å². The summed E-state index contributed by atoms with van der Waals surface area (Å²) in [6.45, 7) is 8.65. The fourth-order valence-corrected chi connectivity index (χ4v) is 1.32. The van der Waals surface area contributed by atoms with Crippen LogP contribution in [0.2, 0.25) is 0 Å². The molecule has 0 unspecified atom stereocenters.